The number of pyridine rings is 1. The van der Waals surface area contributed by atoms with Gasteiger partial charge in [-0.05, 0) is 43.2 Å². The molecule has 1 aromatic carbocycles. The summed E-state index contributed by atoms with van der Waals surface area (Å²) in [5.41, 5.74) is 1.47. The predicted molar refractivity (Wildman–Crippen MR) is 89.0 cm³/mol. The molecule has 1 fully saturated rings. The first-order valence-corrected chi connectivity index (χ1v) is 9.14. The van der Waals surface area contributed by atoms with Gasteiger partial charge in [-0.15, -0.1) is 0 Å². The van der Waals surface area contributed by atoms with Crippen molar-refractivity contribution in [3.8, 4) is 0 Å². The molecule has 124 valence electrons. The summed E-state index contributed by atoms with van der Waals surface area (Å²) >= 11 is 0. The molecule has 24 heavy (non-hydrogen) atoms. The minimum absolute atomic E-state index is 0.174. The van der Waals surface area contributed by atoms with Gasteiger partial charge in [-0.25, -0.2) is 13.2 Å². The molecule has 0 amide bonds. The second kappa shape index (κ2) is 5.57. The van der Waals surface area contributed by atoms with Crippen LogP contribution in [0.15, 0.2) is 52.3 Å². The third-order valence-corrected chi connectivity index (χ3v) is 6.23. The summed E-state index contributed by atoms with van der Waals surface area (Å²) < 4.78 is 27.6. The van der Waals surface area contributed by atoms with E-state index < -0.39 is 10.0 Å². The highest BCUT2D eigenvalue weighted by molar-refractivity contribution is 7.89. The highest BCUT2D eigenvalue weighted by atomic mass is 32.2. The maximum absolute atomic E-state index is 13.1. The number of H-pyrrole nitrogens is 2. The quantitative estimate of drug-likeness (QED) is 0.756. The molecule has 8 heteroatoms. The van der Waals surface area contributed by atoms with Crippen LogP contribution in [0.25, 0.3) is 11.0 Å². The number of nitrogens with zero attached hydrogens (tertiary/aromatic N) is 2. The van der Waals surface area contributed by atoms with E-state index in [1.165, 1.54) is 16.4 Å². The van der Waals surface area contributed by atoms with Crippen LogP contribution >= 0.6 is 0 Å². The van der Waals surface area contributed by atoms with Gasteiger partial charge < -0.3 is 9.97 Å². The number of imidazole rings is 1. The Morgan fingerprint density at radius 2 is 1.96 bits per heavy atom. The number of fused-ring (bicyclic) bond motifs is 1. The lowest BCUT2D eigenvalue weighted by Gasteiger charge is -2.23. The van der Waals surface area contributed by atoms with Crippen molar-refractivity contribution in [3.63, 3.8) is 0 Å². The van der Waals surface area contributed by atoms with Gasteiger partial charge in [0, 0.05) is 12.7 Å². The summed E-state index contributed by atoms with van der Waals surface area (Å²) in [4.78, 5) is 21.1. The zero-order chi connectivity index (χ0) is 16.7. The van der Waals surface area contributed by atoms with E-state index in [1.54, 1.807) is 12.3 Å². The van der Waals surface area contributed by atoms with E-state index in [0.717, 1.165) is 18.5 Å². The summed E-state index contributed by atoms with van der Waals surface area (Å²) in [7, 11) is -3.66. The topological polar surface area (TPSA) is 98.9 Å². The molecule has 3 aromatic rings. The van der Waals surface area contributed by atoms with Crippen LogP contribution in [0.4, 0.5) is 0 Å². The van der Waals surface area contributed by atoms with Gasteiger partial charge in [0.25, 0.3) is 0 Å². The van der Waals surface area contributed by atoms with Gasteiger partial charge in [-0.3, -0.25) is 4.98 Å². The lowest BCUT2D eigenvalue weighted by atomic mass is 10.1. The lowest BCUT2D eigenvalue weighted by molar-refractivity contribution is 0.390. The van der Waals surface area contributed by atoms with E-state index >= 15 is 0 Å². The normalized spacial score (nSPS) is 19.1. The molecule has 2 aromatic heterocycles. The number of benzene rings is 1. The number of aromatic nitrogens is 3. The molecule has 1 saturated heterocycles. The van der Waals surface area contributed by atoms with Crippen molar-refractivity contribution in [2.45, 2.75) is 23.8 Å². The number of sulfonamides is 1. The van der Waals surface area contributed by atoms with Crippen molar-refractivity contribution in [2.75, 3.05) is 6.54 Å². The smallest absolute Gasteiger partial charge is 0.306 e. The minimum Gasteiger partial charge on any atom is -0.306 e. The maximum Gasteiger partial charge on any atom is 0.323 e. The molecule has 4 rings (SSSR count). The zero-order valence-electron chi connectivity index (χ0n) is 12.8. The molecule has 0 saturated carbocycles. The van der Waals surface area contributed by atoms with Gasteiger partial charge >= 0.3 is 5.69 Å². The second-order valence-corrected chi connectivity index (χ2v) is 7.71. The average Bonchev–Trinajstić information content (AvgIpc) is 3.20. The molecular weight excluding hydrogens is 328 g/mol. The molecule has 1 aliphatic heterocycles. The third-order valence-electron chi connectivity index (χ3n) is 4.33. The SMILES string of the molecule is O=c1[nH]c2ccc(S(=O)(=O)N3CCCC3c3ccccn3)cc2[nH]1. The standard InChI is InChI=1S/C16H16N4O3S/c21-16-18-12-7-6-11(10-14(12)19-16)24(22,23)20-9-3-5-15(20)13-4-1-2-8-17-13/h1-2,4,6-8,10,15H,3,5,9H2,(H2,18,19,21). The summed E-state index contributed by atoms with van der Waals surface area (Å²) in [5.74, 6) is 0. The van der Waals surface area contributed by atoms with Crippen LogP contribution in [0.1, 0.15) is 24.6 Å². The van der Waals surface area contributed by atoms with Crippen molar-refractivity contribution in [2.24, 2.45) is 0 Å². The number of rotatable bonds is 3. The van der Waals surface area contributed by atoms with Crippen LogP contribution in [-0.2, 0) is 10.0 Å². The number of hydrogen-bond donors (Lipinski definition) is 2. The molecule has 0 spiro atoms. The summed E-state index contributed by atoms with van der Waals surface area (Å²) in [6.45, 7) is 0.464. The predicted octanol–water partition coefficient (Wildman–Crippen LogP) is 1.78. The van der Waals surface area contributed by atoms with Crippen LogP contribution in [0.3, 0.4) is 0 Å². The monoisotopic (exact) mass is 344 g/mol. The Morgan fingerprint density at radius 1 is 1.12 bits per heavy atom. The van der Waals surface area contributed by atoms with E-state index in [4.69, 9.17) is 0 Å². The van der Waals surface area contributed by atoms with Crippen LogP contribution in [-0.4, -0.2) is 34.2 Å². The summed E-state index contributed by atoms with van der Waals surface area (Å²) in [6, 6.07) is 9.90. The molecular formula is C16H16N4O3S. The van der Waals surface area contributed by atoms with Crippen molar-refractivity contribution in [1.29, 1.82) is 0 Å². The molecule has 1 unspecified atom stereocenters. The van der Waals surface area contributed by atoms with Crippen LogP contribution in [0, 0.1) is 0 Å². The highest BCUT2D eigenvalue weighted by Crippen LogP contribution is 2.35. The Hall–Kier alpha value is -2.45. The molecule has 0 aliphatic carbocycles. The Labute approximate surface area is 138 Å². The first kappa shape index (κ1) is 15.1. The van der Waals surface area contributed by atoms with Gasteiger partial charge in [0.1, 0.15) is 0 Å². The Kier molecular flexibility index (Phi) is 3.50. The maximum atomic E-state index is 13.1. The van der Waals surface area contributed by atoms with E-state index in [-0.39, 0.29) is 16.6 Å². The third kappa shape index (κ3) is 2.44. The van der Waals surface area contributed by atoms with Crippen LogP contribution < -0.4 is 5.69 Å². The van der Waals surface area contributed by atoms with Gasteiger partial charge in [-0.2, -0.15) is 4.31 Å². The molecule has 3 heterocycles. The molecule has 2 N–H and O–H groups in total. The van der Waals surface area contributed by atoms with Gasteiger partial charge in [0.15, 0.2) is 0 Å². The molecule has 0 bridgehead atoms. The fourth-order valence-electron chi connectivity index (χ4n) is 3.20. The fraction of sp³-hybridized carbons (Fsp3) is 0.250. The van der Waals surface area contributed by atoms with Crippen molar-refractivity contribution in [3.05, 3.63) is 58.8 Å². The Bertz CT molecular complexity index is 1040. The first-order chi connectivity index (χ1) is 11.6. The number of nitrogens with one attached hydrogen (secondary N) is 2. The van der Waals surface area contributed by atoms with Gasteiger partial charge in [-0.1, -0.05) is 6.07 Å². The summed E-state index contributed by atoms with van der Waals surface area (Å²) in [6.07, 6.45) is 3.22. The first-order valence-electron chi connectivity index (χ1n) is 7.70. The number of hydrogen-bond acceptors (Lipinski definition) is 4. The minimum atomic E-state index is -3.66. The fourth-order valence-corrected chi connectivity index (χ4v) is 4.90. The second-order valence-electron chi connectivity index (χ2n) is 5.81. The van der Waals surface area contributed by atoms with E-state index in [9.17, 15) is 13.2 Å². The van der Waals surface area contributed by atoms with E-state index in [1.807, 2.05) is 18.2 Å². The van der Waals surface area contributed by atoms with Gasteiger partial charge in [0.2, 0.25) is 10.0 Å². The number of aromatic amines is 2. The Balaban J connectivity index is 1.76. The average molecular weight is 344 g/mol. The van der Waals surface area contributed by atoms with Crippen LogP contribution in [0.2, 0.25) is 0 Å². The van der Waals surface area contributed by atoms with E-state index in [2.05, 4.69) is 15.0 Å². The van der Waals surface area contributed by atoms with Crippen molar-refractivity contribution in [1.82, 2.24) is 19.3 Å². The van der Waals surface area contributed by atoms with Crippen LogP contribution in [0.5, 0.6) is 0 Å². The zero-order valence-corrected chi connectivity index (χ0v) is 13.6. The summed E-state index contributed by atoms with van der Waals surface area (Å²) in [5, 5.41) is 0. The largest absolute Gasteiger partial charge is 0.323 e. The molecule has 1 atom stereocenters. The van der Waals surface area contributed by atoms with Crippen molar-refractivity contribution < 1.29 is 8.42 Å². The van der Waals surface area contributed by atoms with E-state index in [0.29, 0.717) is 17.6 Å². The highest BCUT2D eigenvalue weighted by Gasteiger charge is 2.36. The lowest BCUT2D eigenvalue weighted by Crippen LogP contribution is -2.31. The molecule has 7 nitrogen and oxygen atoms in total. The Morgan fingerprint density at radius 3 is 2.75 bits per heavy atom. The van der Waals surface area contributed by atoms with Gasteiger partial charge in [0.05, 0.1) is 27.7 Å². The molecule has 1 aliphatic rings. The molecule has 0 radical (unpaired) electrons. The van der Waals surface area contributed by atoms with Crippen molar-refractivity contribution >= 4 is 21.1 Å².